The highest BCUT2D eigenvalue weighted by Gasteiger charge is 2.43. The predicted molar refractivity (Wildman–Crippen MR) is 87.9 cm³/mol. The zero-order chi connectivity index (χ0) is 22.0. The molecule has 9 atom stereocenters. The van der Waals surface area contributed by atoms with Gasteiger partial charge in [-0.15, -0.1) is 0 Å². The number of ether oxygens (including phenoxy) is 1. The van der Waals surface area contributed by atoms with Crippen LogP contribution in [0.25, 0.3) is 0 Å². The molecule has 14 nitrogen and oxygen atoms in total. The molecule has 0 spiro atoms. The molecular formula is C14H28N2O12. The van der Waals surface area contributed by atoms with E-state index in [0.29, 0.717) is 0 Å². The van der Waals surface area contributed by atoms with Gasteiger partial charge in [-0.05, 0) is 0 Å². The Labute approximate surface area is 159 Å². The molecule has 1 amide bonds. The lowest BCUT2D eigenvalue weighted by Gasteiger charge is -2.40. The first kappa shape index (κ1) is 26.7. The number of hydrogen-bond acceptors (Lipinski definition) is 13. The SMILES string of the molecule is CC(=O)NN[C@H]1C(O)O[C@H](CO)[C@H](O)[C@@H]1O.O=CC(O)C(O)C(O)C(O)CO. The number of hydrogen-bond donors (Lipinski definition) is 11. The molecule has 0 saturated carbocycles. The normalized spacial score (nSPS) is 31.6. The van der Waals surface area contributed by atoms with E-state index in [1.807, 2.05) is 0 Å². The van der Waals surface area contributed by atoms with E-state index in [-0.39, 0.29) is 6.29 Å². The van der Waals surface area contributed by atoms with Gasteiger partial charge in [0.05, 0.1) is 13.2 Å². The second kappa shape index (κ2) is 13.0. The van der Waals surface area contributed by atoms with Crippen LogP contribution in [-0.4, -0.2) is 126 Å². The maximum absolute atomic E-state index is 10.6. The van der Waals surface area contributed by atoms with Crippen LogP contribution in [-0.2, 0) is 14.3 Å². The van der Waals surface area contributed by atoms with Crippen LogP contribution in [0.3, 0.4) is 0 Å². The lowest BCUT2D eigenvalue weighted by molar-refractivity contribution is -0.255. The van der Waals surface area contributed by atoms with Gasteiger partial charge in [-0.1, -0.05) is 0 Å². The van der Waals surface area contributed by atoms with Crippen molar-refractivity contribution < 1.29 is 60.3 Å². The third-order valence-electron chi connectivity index (χ3n) is 3.74. The topological polar surface area (TPSA) is 249 Å². The van der Waals surface area contributed by atoms with Crippen molar-refractivity contribution in [2.24, 2.45) is 0 Å². The summed E-state index contributed by atoms with van der Waals surface area (Å²) in [4.78, 5) is 20.5. The Hall–Kier alpha value is -1.30. The van der Waals surface area contributed by atoms with Crippen LogP contribution in [0.2, 0.25) is 0 Å². The van der Waals surface area contributed by atoms with Crippen molar-refractivity contribution in [1.82, 2.24) is 10.9 Å². The molecule has 1 aliphatic heterocycles. The molecule has 0 bridgehead atoms. The van der Waals surface area contributed by atoms with E-state index in [0.717, 1.165) is 0 Å². The number of aliphatic hydroxyl groups is 9. The molecule has 166 valence electrons. The van der Waals surface area contributed by atoms with E-state index < -0.39 is 74.2 Å². The molecule has 1 rings (SSSR count). The highest BCUT2D eigenvalue weighted by atomic mass is 16.6. The number of hydrazine groups is 1. The van der Waals surface area contributed by atoms with Gasteiger partial charge in [0.15, 0.2) is 12.6 Å². The number of amides is 1. The van der Waals surface area contributed by atoms with Crippen molar-refractivity contribution in [1.29, 1.82) is 0 Å². The second-order valence-corrected chi connectivity index (χ2v) is 5.94. The average molecular weight is 416 g/mol. The smallest absolute Gasteiger partial charge is 0.230 e. The minimum absolute atomic E-state index is 0.0258. The van der Waals surface area contributed by atoms with Crippen LogP contribution in [0.15, 0.2) is 0 Å². The first-order valence-electron chi connectivity index (χ1n) is 8.12. The first-order valence-corrected chi connectivity index (χ1v) is 8.12. The molecule has 0 aromatic carbocycles. The van der Waals surface area contributed by atoms with Gasteiger partial charge in [-0.3, -0.25) is 10.2 Å². The molecule has 1 heterocycles. The van der Waals surface area contributed by atoms with E-state index in [4.69, 9.17) is 35.4 Å². The number of aliphatic hydroxyl groups excluding tert-OH is 9. The molecule has 11 N–H and O–H groups in total. The monoisotopic (exact) mass is 416 g/mol. The number of carbonyl (C=O) groups excluding carboxylic acids is 2. The Morgan fingerprint density at radius 2 is 1.64 bits per heavy atom. The first-order chi connectivity index (χ1) is 13.0. The van der Waals surface area contributed by atoms with Gasteiger partial charge >= 0.3 is 0 Å². The van der Waals surface area contributed by atoms with Crippen LogP contribution >= 0.6 is 0 Å². The van der Waals surface area contributed by atoms with Crippen LogP contribution in [0.1, 0.15) is 6.92 Å². The van der Waals surface area contributed by atoms with Crippen molar-refractivity contribution in [3.63, 3.8) is 0 Å². The molecule has 1 saturated heterocycles. The quantitative estimate of drug-likeness (QED) is 0.130. The van der Waals surface area contributed by atoms with Gasteiger partial charge in [0.25, 0.3) is 0 Å². The largest absolute Gasteiger partial charge is 0.394 e. The van der Waals surface area contributed by atoms with Crippen molar-refractivity contribution in [2.75, 3.05) is 13.2 Å². The van der Waals surface area contributed by atoms with Gasteiger partial charge in [0.1, 0.15) is 48.8 Å². The molecule has 0 aromatic rings. The fraction of sp³-hybridized carbons (Fsp3) is 0.857. The van der Waals surface area contributed by atoms with Crippen molar-refractivity contribution in [2.45, 2.75) is 62.0 Å². The summed E-state index contributed by atoms with van der Waals surface area (Å²) in [6.07, 6.45) is -12.1. The third-order valence-corrected chi connectivity index (χ3v) is 3.74. The molecule has 0 aliphatic carbocycles. The van der Waals surface area contributed by atoms with E-state index in [1.165, 1.54) is 6.92 Å². The zero-order valence-electron chi connectivity index (χ0n) is 14.9. The summed E-state index contributed by atoms with van der Waals surface area (Å²) in [5.74, 6) is -0.418. The maximum atomic E-state index is 10.6. The number of rotatable bonds is 8. The number of carbonyl (C=O) groups is 2. The van der Waals surface area contributed by atoms with Gasteiger partial charge in [-0.2, -0.15) is 0 Å². The van der Waals surface area contributed by atoms with Crippen LogP contribution in [0, 0.1) is 0 Å². The lowest BCUT2D eigenvalue weighted by atomic mass is 9.98. The summed E-state index contributed by atoms with van der Waals surface area (Å²) in [6.45, 7) is -0.0473. The van der Waals surface area contributed by atoms with Crippen molar-refractivity contribution >= 4 is 12.2 Å². The summed E-state index contributed by atoms with van der Waals surface area (Å²) in [5, 5.41) is 80.9. The maximum Gasteiger partial charge on any atom is 0.230 e. The average Bonchev–Trinajstić information content (AvgIpc) is 2.68. The van der Waals surface area contributed by atoms with Crippen molar-refractivity contribution in [3.05, 3.63) is 0 Å². The highest BCUT2D eigenvalue weighted by Crippen LogP contribution is 2.19. The Morgan fingerprint density at radius 1 is 1.07 bits per heavy atom. The predicted octanol–water partition coefficient (Wildman–Crippen LogP) is -6.95. The lowest BCUT2D eigenvalue weighted by Crippen LogP contribution is -2.65. The standard InChI is InChI=1S/C8H16N2O6.C6H12O6/c1-3(12)9-10-5-7(14)6(13)4(2-11)16-8(5)15;7-1-3(9)5(11)6(12)4(10)2-8/h4-8,10-11,13-15H,2H2,1H3,(H,9,12);1,3-6,8-12H,2H2/t4-,5-,6+,7-,8?;/m1./s1. The Morgan fingerprint density at radius 3 is 2.07 bits per heavy atom. The minimum Gasteiger partial charge on any atom is -0.394 e. The second-order valence-electron chi connectivity index (χ2n) is 5.94. The number of aldehydes is 1. The molecule has 5 unspecified atom stereocenters. The highest BCUT2D eigenvalue weighted by molar-refractivity contribution is 5.72. The molecular weight excluding hydrogens is 388 g/mol. The molecule has 1 aliphatic rings. The third kappa shape index (κ3) is 7.98. The zero-order valence-corrected chi connectivity index (χ0v) is 14.9. The van der Waals surface area contributed by atoms with Crippen LogP contribution < -0.4 is 10.9 Å². The van der Waals surface area contributed by atoms with E-state index in [9.17, 15) is 24.9 Å². The van der Waals surface area contributed by atoms with E-state index in [2.05, 4.69) is 10.9 Å². The summed E-state index contributed by atoms with van der Waals surface area (Å²) < 4.78 is 4.84. The van der Waals surface area contributed by atoms with E-state index in [1.54, 1.807) is 0 Å². The summed E-state index contributed by atoms with van der Waals surface area (Å²) in [6, 6.07) is -1.07. The van der Waals surface area contributed by atoms with Crippen LogP contribution in [0.5, 0.6) is 0 Å². The Balaban J connectivity index is 0.000000546. The molecule has 0 radical (unpaired) electrons. The Bertz CT molecular complexity index is 470. The summed E-state index contributed by atoms with van der Waals surface area (Å²) in [7, 11) is 0. The fourth-order valence-corrected chi connectivity index (χ4v) is 2.06. The molecule has 1 fully saturated rings. The minimum atomic E-state index is -1.79. The Kier molecular flexibility index (Phi) is 12.4. The van der Waals surface area contributed by atoms with E-state index >= 15 is 0 Å². The molecule has 14 heteroatoms. The van der Waals surface area contributed by atoms with Gasteiger partial charge in [0, 0.05) is 6.92 Å². The fourth-order valence-electron chi connectivity index (χ4n) is 2.06. The van der Waals surface area contributed by atoms with Crippen LogP contribution in [0.4, 0.5) is 0 Å². The molecule has 28 heavy (non-hydrogen) atoms. The molecule has 0 aromatic heterocycles. The summed E-state index contributed by atoms with van der Waals surface area (Å²) in [5.41, 5.74) is 4.50. The summed E-state index contributed by atoms with van der Waals surface area (Å²) >= 11 is 0. The van der Waals surface area contributed by atoms with Crippen molar-refractivity contribution in [3.8, 4) is 0 Å². The number of nitrogens with one attached hydrogen (secondary N) is 2. The van der Waals surface area contributed by atoms with Gasteiger partial charge in [0.2, 0.25) is 5.91 Å². The van der Waals surface area contributed by atoms with Gasteiger partial charge in [-0.25, -0.2) is 5.43 Å². The van der Waals surface area contributed by atoms with Gasteiger partial charge < -0.3 is 55.5 Å².